The highest BCUT2D eigenvalue weighted by atomic mass is 32.2. The molecule has 2 N–H and O–H groups in total. The molecule has 2 atom stereocenters. The Hall–Kier alpha value is -2.87. The molecule has 0 bridgehead atoms. The molecule has 2 heterocycles. The van der Waals surface area contributed by atoms with Gasteiger partial charge in [0.1, 0.15) is 11.9 Å². The number of sulfonamides is 2. The van der Waals surface area contributed by atoms with Crippen LogP contribution in [-0.4, -0.2) is 44.4 Å². The van der Waals surface area contributed by atoms with Gasteiger partial charge in [-0.05, 0) is 74.1 Å². The third-order valence-corrected chi connectivity index (χ3v) is 10.6. The average molecular weight is 567 g/mol. The van der Waals surface area contributed by atoms with Gasteiger partial charge in [0.05, 0.1) is 9.79 Å². The van der Waals surface area contributed by atoms with Crippen molar-refractivity contribution >= 4 is 20.0 Å². The molecule has 10 nitrogen and oxygen atoms in total. The number of aromatic amines is 1. The highest BCUT2D eigenvalue weighted by Crippen LogP contribution is 2.35. The van der Waals surface area contributed by atoms with E-state index in [-0.39, 0.29) is 21.2 Å². The van der Waals surface area contributed by atoms with E-state index in [0.717, 1.165) is 30.9 Å². The van der Waals surface area contributed by atoms with Crippen molar-refractivity contribution in [2.24, 2.45) is 0 Å². The summed E-state index contributed by atoms with van der Waals surface area (Å²) < 4.78 is 77.7. The lowest BCUT2D eigenvalue weighted by molar-refractivity contribution is 0.346. The van der Waals surface area contributed by atoms with Crippen LogP contribution in [0.4, 0.5) is 4.39 Å². The number of hydrogen-bond acceptors (Lipinski definition) is 7. The van der Waals surface area contributed by atoms with E-state index in [0.29, 0.717) is 24.2 Å². The summed E-state index contributed by atoms with van der Waals surface area (Å²) in [4.78, 5) is 11.3. The molecule has 1 aliphatic heterocycles. The lowest BCUT2D eigenvalue weighted by atomic mass is 9.88. The minimum absolute atomic E-state index is 0.0984. The molecule has 1 aliphatic rings. The van der Waals surface area contributed by atoms with Crippen LogP contribution in [0.1, 0.15) is 66.3 Å². The number of piperidine rings is 1. The quantitative estimate of drug-likeness (QED) is 0.425. The maximum absolute atomic E-state index is 15.0. The first kappa shape index (κ1) is 28.1. The van der Waals surface area contributed by atoms with E-state index in [9.17, 15) is 26.0 Å². The highest BCUT2D eigenvalue weighted by Gasteiger charge is 2.35. The summed E-state index contributed by atoms with van der Waals surface area (Å²) in [5.41, 5.74) is 2.06. The fourth-order valence-electron chi connectivity index (χ4n) is 4.78. The van der Waals surface area contributed by atoms with Crippen LogP contribution in [0.3, 0.4) is 0 Å². The number of hydrogen-bond donors (Lipinski definition) is 2. The number of rotatable bonds is 8. The van der Waals surface area contributed by atoms with Crippen LogP contribution in [-0.2, 0) is 20.0 Å². The molecule has 4 rings (SSSR count). The summed E-state index contributed by atoms with van der Waals surface area (Å²) in [6.45, 7) is 7.46. The Morgan fingerprint density at radius 2 is 1.68 bits per heavy atom. The number of aryl methyl sites for hydroxylation is 2. The zero-order valence-electron chi connectivity index (χ0n) is 21.6. The number of benzene rings is 2. The first-order chi connectivity index (χ1) is 17.8. The Kier molecular flexibility index (Phi) is 7.94. The molecule has 2 aromatic carbocycles. The largest absolute Gasteiger partial charge is 0.434 e. The molecular formula is C25H31FN4O6S2. The van der Waals surface area contributed by atoms with Crippen molar-refractivity contribution < 1.29 is 25.6 Å². The maximum Gasteiger partial charge on any atom is 0.434 e. The summed E-state index contributed by atoms with van der Waals surface area (Å²) in [7, 11) is -8.30. The Morgan fingerprint density at radius 1 is 1.03 bits per heavy atom. The molecule has 206 valence electrons. The topological polar surface area (TPSA) is 142 Å². The van der Waals surface area contributed by atoms with Crippen molar-refractivity contribution in [3.8, 4) is 0 Å². The molecule has 0 aliphatic carbocycles. The number of nitrogens with zero attached hydrogens (tertiary/aromatic N) is 2. The standard InChI is InChI=1S/C25H31FN4O6S2/c1-15-9-11-20(26)22(17(15)3)18(4)23(24-27-28-25(31)36-24)29-37(32,33)19-10-8-16(2)21(14-19)38(34,35)30-12-6-5-7-13-30/h8-11,14,18,23,29H,5-7,12-13H2,1-4H3,(H,28,31)/t18-,23+/m1/s1. The van der Waals surface area contributed by atoms with Crippen molar-refractivity contribution in [1.29, 1.82) is 0 Å². The Bertz CT molecular complexity index is 1610. The van der Waals surface area contributed by atoms with E-state index in [2.05, 4.69) is 14.9 Å². The SMILES string of the molecule is Cc1ccc(S(=O)(=O)N[C@H](c2n[nH]c(=O)o2)[C@H](C)c2c(F)ccc(C)c2C)cc1S(=O)(=O)N1CCCCC1. The van der Waals surface area contributed by atoms with E-state index in [1.807, 2.05) is 0 Å². The summed E-state index contributed by atoms with van der Waals surface area (Å²) in [6.07, 6.45) is 2.41. The molecule has 0 unspecified atom stereocenters. The summed E-state index contributed by atoms with van der Waals surface area (Å²) in [6, 6.07) is 5.49. The summed E-state index contributed by atoms with van der Waals surface area (Å²) in [5, 5.41) is 5.91. The lowest BCUT2D eigenvalue weighted by Gasteiger charge is -2.27. The monoisotopic (exact) mass is 566 g/mol. The molecule has 1 aromatic heterocycles. The van der Waals surface area contributed by atoms with Crippen molar-refractivity contribution in [3.63, 3.8) is 0 Å². The van der Waals surface area contributed by atoms with E-state index in [1.54, 1.807) is 33.8 Å². The van der Waals surface area contributed by atoms with Gasteiger partial charge in [-0.15, -0.1) is 5.10 Å². The lowest BCUT2D eigenvalue weighted by Crippen LogP contribution is -2.36. The van der Waals surface area contributed by atoms with Crippen molar-refractivity contribution in [2.45, 2.75) is 68.7 Å². The number of aromatic nitrogens is 2. The van der Waals surface area contributed by atoms with Gasteiger partial charge in [0.2, 0.25) is 25.9 Å². The molecule has 1 fully saturated rings. The molecule has 0 amide bonds. The normalized spacial score (nSPS) is 16.9. The fourth-order valence-corrected chi connectivity index (χ4v) is 7.91. The van der Waals surface area contributed by atoms with Gasteiger partial charge in [0.25, 0.3) is 0 Å². The minimum atomic E-state index is -4.39. The molecule has 3 aromatic rings. The fraction of sp³-hybridized carbons (Fsp3) is 0.440. The Labute approximate surface area is 221 Å². The van der Waals surface area contributed by atoms with Gasteiger partial charge in [0.15, 0.2) is 0 Å². The molecule has 0 radical (unpaired) electrons. The Morgan fingerprint density at radius 3 is 2.32 bits per heavy atom. The van der Waals surface area contributed by atoms with Crippen molar-refractivity contribution in [3.05, 3.63) is 74.8 Å². The van der Waals surface area contributed by atoms with E-state index < -0.39 is 43.6 Å². The maximum atomic E-state index is 15.0. The third kappa shape index (κ3) is 5.46. The summed E-state index contributed by atoms with van der Waals surface area (Å²) in [5.74, 6) is -2.58. The number of H-pyrrole nitrogens is 1. The summed E-state index contributed by atoms with van der Waals surface area (Å²) >= 11 is 0. The van der Waals surface area contributed by atoms with Crippen molar-refractivity contribution in [1.82, 2.24) is 19.2 Å². The highest BCUT2D eigenvalue weighted by molar-refractivity contribution is 7.90. The molecular weight excluding hydrogens is 535 g/mol. The molecule has 38 heavy (non-hydrogen) atoms. The second-order valence-corrected chi connectivity index (χ2v) is 13.3. The zero-order chi connectivity index (χ0) is 27.8. The Balaban J connectivity index is 1.76. The molecule has 0 spiro atoms. The second-order valence-electron chi connectivity index (χ2n) is 9.63. The van der Waals surface area contributed by atoms with Crippen LogP contribution in [0.2, 0.25) is 0 Å². The predicted octanol–water partition coefficient (Wildman–Crippen LogP) is 3.43. The van der Waals surface area contributed by atoms with Crippen LogP contribution >= 0.6 is 0 Å². The smallest absolute Gasteiger partial charge is 0.391 e. The van der Waals surface area contributed by atoms with Gasteiger partial charge >= 0.3 is 5.76 Å². The second kappa shape index (κ2) is 10.7. The van der Waals surface area contributed by atoms with Gasteiger partial charge in [0, 0.05) is 19.0 Å². The van der Waals surface area contributed by atoms with E-state index >= 15 is 0 Å². The van der Waals surface area contributed by atoms with E-state index in [4.69, 9.17) is 4.42 Å². The van der Waals surface area contributed by atoms with Crippen LogP contribution in [0.15, 0.2) is 49.3 Å². The molecule has 0 saturated carbocycles. The van der Waals surface area contributed by atoms with Crippen molar-refractivity contribution in [2.75, 3.05) is 13.1 Å². The molecule has 13 heteroatoms. The van der Waals surface area contributed by atoms with Crippen LogP contribution < -0.4 is 10.5 Å². The first-order valence-electron chi connectivity index (χ1n) is 12.3. The van der Waals surface area contributed by atoms with Gasteiger partial charge in [-0.1, -0.05) is 25.5 Å². The molecule has 1 saturated heterocycles. The van der Waals surface area contributed by atoms with Crippen LogP contribution in [0.25, 0.3) is 0 Å². The number of nitrogens with one attached hydrogen (secondary N) is 2. The van der Waals surface area contributed by atoms with Gasteiger partial charge in [-0.2, -0.15) is 9.03 Å². The average Bonchev–Trinajstić information content (AvgIpc) is 3.31. The predicted molar refractivity (Wildman–Crippen MR) is 138 cm³/mol. The minimum Gasteiger partial charge on any atom is -0.391 e. The van der Waals surface area contributed by atoms with Crippen LogP contribution in [0, 0.1) is 26.6 Å². The van der Waals surface area contributed by atoms with Gasteiger partial charge in [-0.25, -0.2) is 31.1 Å². The van der Waals surface area contributed by atoms with Gasteiger partial charge < -0.3 is 4.42 Å². The van der Waals surface area contributed by atoms with Crippen LogP contribution in [0.5, 0.6) is 0 Å². The third-order valence-electron chi connectivity index (χ3n) is 7.09. The zero-order valence-corrected chi connectivity index (χ0v) is 23.2. The first-order valence-corrected chi connectivity index (χ1v) is 15.2. The van der Waals surface area contributed by atoms with Gasteiger partial charge in [-0.3, -0.25) is 0 Å². The number of halogens is 1. The van der Waals surface area contributed by atoms with E-state index in [1.165, 1.54) is 22.5 Å².